The number of nitrogens with zero attached hydrogens (tertiary/aromatic N) is 2. The number of rotatable bonds is 4. The summed E-state index contributed by atoms with van der Waals surface area (Å²) in [7, 11) is -1.67. The first-order valence-electron chi connectivity index (χ1n) is 7.89. The molecule has 0 atom stereocenters. The van der Waals surface area contributed by atoms with Gasteiger partial charge in [0.25, 0.3) is 5.91 Å². The maximum absolute atomic E-state index is 12.5. The van der Waals surface area contributed by atoms with E-state index in [1.54, 1.807) is 18.3 Å². The Bertz CT molecular complexity index is 895. The number of likely N-dealkylation sites (N-methyl/N-ethyl adjacent to an activating group) is 1. The normalized spacial score (nSPS) is 14.8. The second-order valence-electron chi connectivity index (χ2n) is 6.18. The van der Waals surface area contributed by atoms with Crippen molar-refractivity contribution in [3.8, 4) is 0 Å². The maximum atomic E-state index is 12.5. The minimum atomic E-state index is -3.71. The van der Waals surface area contributed by atoms with Crippen LogP contribution in [0.25, 0.3) is 0 Å². The molecule has 1 aromatic carbocycles. The zero-order valence-electron chi connectivity index (χ0n) is 13.9. The molecule has 1 aliphatic rings. The Morgan fingerprint density at radius 3 is 2.68 bits per heavy atom. The maximum Gasteiger partial charge on any atom is 0.253 e. The van der Waals surface area contributed by atoms with Crippen LogP contribution in [0, 0.1) is 0 Å². The molecule has 0 spiro atoms. The monoisotopic (exact) mass is 360 g/mol. The Labute approximate surface area is 146 Å². The lowest BCUT2D eigenvalue weighted by Gasteiger charge is -2.26. The molecule has 2 heterocycles. The summed E-state index contributed by atoms with van der Waals surface area (Å²) in [6.45, 7) is 2.00. The highest BCUT2D eigenvalue weighted by molar-refractivity contribution is 7.89. The fraction of sp³-hybridized carbons (Fsp3) is 0.294. The van der Waals surface area contributed by atoms with Crippen LogP contribution in [-0.2, 0) is 29.5 Å². The number of hydrogen-bond acceptors (Lipinski definition) is 5. The van der Waals surface area contributed by atoms with Crippen LogP contribution in [0.4, 0.5) is 0 Å². The van der Waals surface area contributed by atoms with E-state index in [4.69, 9.17) is 5.14 Å². The second-order valence-corrected chi connectivity index (χ2v) is 7.75. The number of amides is 1. The molecule has 2 aromatic rings. The summed E-state index contributed by atoms with van der Waals surface area (Å²) in [5, 5.41) is 7.93. The Balaban J connectivity index is 1.70. The standard InChI is InChI=1S/C17H20N4O3S/c1-21-7-6-15-13(11-21)9-19-10-16(15)17(22)20-8-12-2-4-14(5-3-12)25(18,23)24/h2-5,9-10H,6-8,11H2,1H3,(H,20,22)(H2,18,23,24). The van der Waals surface area contributed by atoms with Gasteiger partial charge in [-0.3, -0.25) is 9.78 Å². The van der Waals surface area contributed by atoms with E-state index < -0.39 is 10.0 Å². The van der Waals surface area contributed by atoms with Crippen molar-refractivity contribution >= 4 is 15.9 Å². The average Bonchev–Trinajstić information content (AvgIpc) is 2.58. The number of nitrogens with two attached hydrogens (primary N) is 1. The molecule has 0 fully saturated rings. The van der Waals surface area contributed by atoms with Crippen molar-refractivity contribution in [2.24, 2.45) is 5.14 Å². The lowest BCUT2D eigenvalue weighted by molar-refractivity contribution is 0.0948. The predicted molar refractivity (Wildman–Crippen MR) is 93.3 cm³/mol. The highest BCUT2D eigenvalue weighted by Crippen LogP contribution is 2.20. The Morgan fingerprint density at radius 1 is 1.28 bits per heavy atom. The molecule has 0 saturated heterocycles. The van der Waals surface area contributed by atoms with Crippen molar-refractivity contribution in [1.82, 2.24) is 15.2 Å². The van der Waals surface area contributed by atoms with E-state index in [1.807, 2.05) is 13.2 Å². The van der Waals surface area contributed by atoms with Crippen molar-refractivity contribution in [2.75, 3.05) is 13.6 Å². The fourth-order valence-electron chi connectivity index (χ4n) is 2.90. The third kappa shape index (κ3) is 4.04. The molecule has 25 heavy (non-hydrogen) atoms. The number of pyridine rings is 1. The molecule has 1 aromatic heterocycles. The van der Waals surface area contributed by atoms with Crippen LogP contribution in [-0.4, -0.2) is 37.8 Å². The molecule has 0 unspecified atom stereocenters. The van der Waals surface area contributed by atoms with Gasteiger partial charge in [-0.2, -0.15) is 0 Å². The fourth-order valence-corrected chi connectivity index (χ4v) is 3.42. The molecule has 0 radical (unpaired) electrons. The van der Waals surface area contributed by atoms with Gasteiger partial charge in [0, 0.05) is 32.0 Å². The molecule has 0 bridgehead atoms. The van der Waals surface area contributed by atoms with Crippen LogP contribution in [0.15, 0.2) is 41.6 Å². The smallest absolute Gasteiger partial charge is 0.253 e. The molecule has 0 aliphatic carbocycles. The number of sulfonamides is 1. The zero-order chi connectivity index (χ0) is 18.0. The molecule has 7 nitrogen and oxygen atoms in total. The van der Waals surface area contributed by atoms with Crippen molar-refractivity contribution in [2.45, 2.75) is 24.4 Å². The number of fused-ring (bicyclic) bond motifs is 1. The molecule has 0 saturated carbocycles. The highest BCUT2D eigenvalue weighted by atomic mass is 32.2. The Hall–Kier alpha value is -2.29. The summed E-state index contributed by atoms with van der Waals surface area (Å²) in [4.78, 5) is 18.9. The summed E-state index contributed by atoms with van der Waals surface area (Å²) >= 11 is 0. The van der Waals surface area contributed by atoms with E-state index >= 15 is 0 Å². The van der Waals surface area contributed by atoms with E-state index in [-0.39, 0.29) is 10.8 Å². The molecule has 3 N–H and O–H groups in total. The van der Waals surface area contributed by atoms with Gasteiger partial charge in [0.05, 0.1) is 10.5 Å². The number of primary sulfonamides is 1. The van der Waals surface area contributed by atoms with Crippen LogP contribution in [0.3, 0.4) is 0 Å². The number of benzene rings is 1. The molecular formula is C17H20N4O3S. The van der Waals surface area contributed by atoms with Gasteiger partial charge < -0.3 is 10.2 Å². The van der Waals surface area contributed by atoms with Crippen LogP contribution >= 0.6 is 0 Å². The third-order valence-corrected chi connectivity index (χ3v) is 5.21. The van der Waals surface area contributed by atoms with Crippen molar-refractivity contribution in [1.29, 1.82) is 0 Å². The number of carbonyl (C=O) groups excluding carboxylic acids is 1. The van der Waals surface area contributed by atoms with Crippen molar-refractivity contribution in [3.63, 3.8) is 0 Å². The molecule has 132 valence electrons. The van der Waals surface area contributed by atoms with Gasteiger partial charge in [-0.05, 0) is 42.3 Å². The van der Waals surface area contributed by atoms with Crippen LogP contribution in [0.2, 0.25) is 0 Å². The summed E-state index contributed by atoms with van der Waals surface area (Å²) in [6.07, 6.45) is 4.23. The topological polar surface area (TPSA) is 105 Å². The van der Waals surface area contributed by atoms with Crippen LogP contribution in [0.1, 0.15) is 27.0 Å². The van der Waals surface area contributed by atoms with Gasteiger partial charge in [-0.15, -0.1) is 0 Å². The van der Waals surface area contributed by atoms with Crippen molar-refractivity contribution < 1.29 is 13.2 Å². The quantitative estimate of drug-likeness (QED) is 0.833. The second kappa shape index (κ2) is 6.91. The van der Waals surface area contributed by atoms with Crippen LogP contribution in [0.5, 0.6) is 0 Å². The van der Waals surface area contributed by atoms with E-state index in [0.29, 0.717) is 12.1 Å². The molecule has 3 rings (SSSR count). The highest BCUT2D eigenvalue weighted by Gasteiger charge is 2.20. The molecular weight excluding hydrogens is 340 g/mol. The summed E-state index contributed by atoms with van der Waals surface area (Å²) in [6, 6.07) is 6.12. The lowest BCUT2D eigenvalue weighted by atomic mass is 9.97. The minimum Gasteiger partial charge on any atom is -0.348 e. The van der Waals surface area contributed by atoms with Crippen molar-refractivity contribution in [3.05, 3.63) is 58.9 Å². The number of hydrogen-bond donors (Lipinski definition) is 2. The van der Waals surface area contributed by atoms with E-state index in [2.05, 4.69) is 15.2 Å². The minimum absolute atomic E-state index is 0.0491. The number of aromatic nitrogens is 1. The number of carbonyl (C=O) groups is 1. The zero-order valence-corrected chi connectivity index (χ0v) is 14.7. The van der Waals surface area contributed by atoms with Gasteiger partial charge in [0.15, 0.2) is 0 Å². The molecule has 8 heteroatoms. The Kier molecular flexibility index (Phi) is 4.85. The summed E-state index contributed by atoms with van der Waals surface area (Å²) < 4.78 is 22.5. The first-order chi connectivity index (χ1) is 11.8. The lowest BCUT2D eigenvalue weighted by Crippen LogP contribution is -2.30. The van der Waals surface area contributed by atoms with E-state index in [0.717, 1.165) is 36.2 Å². The van der Waals surface area contributed by atoms with Gasteiger partial charge in [0.2, 0.25) is 10.0 Å². The van der Waals surface area contributed by atoms with Gasteiger partial charge >= 0.3 is 0 Å². The molecule has 1 amide bonds. The Morgan fingerprint density at radius 2 is 2.00 bits per heavy atom. The van der Waals surface area contributed by atoms with Gasteiger partial charge in [0.1, 0.15) is 0 Å². The van der Waals surface area contributed by atoms with E-state index in [1.165, 1.54) is 12.1 Å². The SMILES string of the molecule is CN1CCc2c(cncc2C(=O)NCc2ccc(S(N)(=O)=O)cc2)C1. The van der Waals surface area contributed by atoms with Gasteiger partial charge in [-0.25, -0.2) is 13.6 Å². The largest absolute Gasteiger partial charge is 0.348 e. The van der Waals surface area contributed by atoms with Gasteiger partial charge in [-0.1, -0.05) is 12.1 Å². The summed E-state index contributed by atoms with van der Waals surface area (Å²) in [5.74, 6) is -0.176. The van der Waals surface area contributed by atoms with E-state index in [9.17, 15) is 13.2 Å². The number of nitrogens with one attached hydrogen (secondary N) is 1. The summed E-state index contributed by atoms with van der Waals surface area (Å²) in [5.41, 5.74) is 3.53. The molecule has 1 aliphatic heterocycles. The average molecular weight is 360 g/mol. The van der Waals surface area contributed by atoms with Crippen LogP contribution < -0.4 is 10.5 Å². The first-order valence-corrected chi connectivity index (χ1v) is 9.43. The first kappa shape index (κ1) is 17.5. The predicted octanol–water partition coefficient (Wildman–Crippen LogP) is 0.647. The third-order valence-electron chi connectivity index (χ3n) is 4.28.